The van der Waals surface area contributed by atoms with Crippen LogP contribution in [-0.2, 0) is 0 Å². The summed E-state index contributed by atoms with van der Waals surface area (Å²) in [6.07, 6.45) is 3.59. The summed E-state index contributed by atoms with van der Waals surface area (Å²) in [5.74, 6) is 2.65. The maximum Gasteiger partial charge on any atom is 0.254 e. The number of carbonyl (C=O) groups excluding carboxylic acids is 1. The second kappa shape index (κ2) is 12.1. The van der Waals surface area contributed by atoms with E-state index in [2.05, 4.69) is 11.1 Å². The summed E-state index contributed by atoms with van der Waals surface area (Å²) in [4.78, 5) is 21.2. The average Bonchev–Trinajstić information content (AvgIpc) is 3.39. The highest BCUT2D eigenvalue weighted by atomic mass is 16.5. The van der Waals surface area contributed by atoms with Crippen LogP contribution in [0.5, 0.6) is 23.0 Å². The van der Waals surface area contributed by atoms with Gasteiger partial charge in [-0.25, -0.2) is 0 Å². The molecule has 38 heavy (non-hydrogen) atoms. The van der Waals surface area contributed by atoms with E-state index in [0.29, 0.717) is 67.4 Å². The molecule has 198 valence electrons. The van der Waals surface area contributed by atoms with Gasteiger partial charge in [-0.2, -0.15) is 10.2 Å². The Balaban J connectivity index is 1.44. The fourth-order valence-corrected chi connectivity index (χ4v) is 4.20. The Kier molecular flexibility index (Phi) is 8.38. The molecule has 10 heteroatoms. The van der Waals surface area contributed by atoms with Crippen molar-refractivity contribution in [2.45, 2.75) is 6.92 Å². The van der Waals surface area contributed by atoms with Crippen LogP contribution in [0.1, 0.15) is 34.4 Å². The van der Waals surface area contributed by atoms with Crippen molar-refractivity contribution in [3.8, 4) is 29.1 Å². The van der Waals surface area contributed by atoms with Crippen molar-refractivity contribution in [2.24, 2.45) is 0 Å². The highest BCUT2D eigenvalue weighted by Gasteiger charge is 2.28. The number of anilines is 1. The van der Waals surface area contributed by atoms with E-state index in [1.165, 1.54) is 21.3 Å². The second-order valence-corrected chi connectivity index (χ2v) is 8.35. The molecule has 0 atom stereocenters. The highest BCUT2D eigenvalue weighted by Crippen LogP contribution is 2.38. The number of piperazine rings is 1. The summed E-state index contributed by atoms with van der Waals surface area (Å²) >= 11 is 0. The molecule has 1 saturated heterocycles. The van der Waals surface area contributed by atoms with Gasteiger partial charge in [-0.3, -0.25) is 4.79 Å². The number of oxazole rings is 1. The van der Waals surface area contributed by atoms with Gasteiger partial charge in [-0.1, -0.05) is 12.1 Å². The first kappa shape index (κ1) is 26.4. The number of nitriles is 1. The topological polar surface area (TPSA) is 110 Å². The van der Waals surface area contributed by atoms with Gasteiger partial charge in [0.1, 0.15) is 11.8 Å². The highest BCUT2D eigenvalue weighted by molar-refractivity contribution is 5.96. The molecule has 0 saturated carbocycles. The first-order chi connectivity index (χ1) is 18.5. The summed E-state index contributed by atoms with van der Waals surface area (Å²) in [6, 6.07) is 13.0. The molecule has 1 aliphatic rings. The molecular weight excluding hydrogens is 488 g/mol. The number of methoxy groups -OCH3 is 3. The minimum atomic E-state index is -0.152. The summed E-state index contributed by atoms with van der Waals surface area (Å²) in [5.41, 5.74) is 1.60. The number of nitrogens with zero attached hydrogens (tertiary/aromatic N) is 4. The third kappa shape index (κ3) is 5.67. The molecule has 0 aliphatic carbocycles. The van der Waals surface area contributed by atoms with Gasteiger partial charge in [-0.05, 0) is 42.8 Å². The number of rotatable bonds is 9. The Bertz CT molecular complexity index is 1310. The molecule has 1 aromatic heterocycles. The van der Waals surface area contributed by atoms with E-state index in [1.807, 2.05) is 42.2 Å². The molecule has 1 fully saturated rings. The van der Waals surface area contributed by atoms with Gasteiger partial charge in [-0.15, -0.1) is 0 Å². The lowest BCUT2D eigenvalue weighted by Gasteiger charge is -2.34. The van der Waals surface area contributed by atoms with E-state index < -0.39 is 0 Å². The molecule has 1 aliphatic heterocycles. The third-order valence-electron chi connectivity index (χ3n) is 6.11. The fraction of sp³-hybridized carbons (Fsp3) is 0.321. The van der Waals surface area contributed by atoms with Crippen LogP contribution < -0.4 is 23.8 Å². The second-order valence-electron chi connectivity index (χ2n) is 8.35. The van der Waals surface area contributed by atoms with Gasteiger partial charge in [0.15, 0.2) is 11.5 Å². The zero-order chi connectivity index (χ0) is 27.1. The van der Waals surface area contributed by atoms with E-state index in [1.54, 1.807) is 23.1 Å². The minimum absolute atomic E-state index is 0.152. The predicted octanol–water partition coefficient (Wildman–Crippen LogP) is 4.10. The van der Waals surface area contributed by atoms with Gasteiger partial charge in [0, 0.05) is 37.8 Å². The van der Waals surface area contributed by atoms with Crippen LogP contribution in [0.3, 0.4) is 0 Å². The number of amides is 1. The number of carbonyl (C=O) groups is 1. The van der Waals surface area contributed by atoms with Gasteiger partial charge in [0.25, 0.3) is 5.91 Å². The van der Waals surface area contributed by atoms with Gasteiger partial charge in [0.05, 0.1) is 27.9 Å². The fourth-order valence-electron chi connectivity index (χ4n) is 4.20. The lowest BCUT2D eigenvalue weighted by molar-refractivity contribution is 0.0744. The largest absolute Gasteiger partial charge is 0.494 e. The number of aromatic nitrogens is 1. The van der Waals surface area contributed by atoms with E-state index in [-0.39, 0.29) is 11.6 Å². The Morgan fingerprint density at radius 1 is 1.03 bits per heavy atom. The van der Waals surface area contributed by atoms with Gasteiger partial charge in [0.2, 0.25) is 23.2 Å². The molecule has 2 heterocycles. The standard InChI is InChI=1S/C28H30N4O6/c1-5-37-21-9-6-19(7-10-21)8-11-25-30-22(18-29)28(38-25)32-14-12-31(13-15-32)27(33)20-16-23(34-2)26(36-4)24(17-20)35-3/h6-11,16-17H,5,12-15H2,1-4H3/b11-8+. The van der Waals surface area contributed by atoms with Crippen molar-refractivity contribution in [1.29, 1.82) is 5.26 Å². The Hall–Kier alpha value is -4.65. The van der Waals surface area contributed by atoms with Crippen LogP contribution in [0.25, 0.3) is 12.2 Å². The molecule has 10 nitrogen and oxygen atoms in total. The van der Waals surface area contributed by atoms with Crippen LogP contribution in [0.4, 0.5) is 5.88 Å². The molecule has 0 N–H and O–H groups in total. The molecule has 1 amide bonds. The zero-order valence-corrected chi connectivity index (χ0v) is 21.9. The van der Waals surface area contributed by atoms with Crippen molar-refractivity contribution < 1.29 is 28.2 Å². The quantitative estimate of drug-likeness (QED) is 0.413. The zero-order valence-electron chi connectivity index (χ0n) is 21.9. The van der Waals surface area contributed by atoms with E-state index >= 15 is 0 Å². The maximum atomic E-state index is 13.2. The Morgan fingerprint density at radius 3 is 2.24 bits per heavy atom. The molecule has 0 radical (unpaired) electrons. The molecule has 0 unspecified atom stereocenters. The summed E-state index contributed by atoms with van der Waals surface area (Å²) in [7, 11) is 4.54. The minimum Gasteiger partial charge on any atom is -0.494 e. The predicted molar refractivity (Wildman–Crippen MR) is 142 cm³/mol. The number of hydrogen-bond acceptors (Lipinski definition) is 9. The molecule has 2 aromatic carbocycles. The molecular formula is C28H30N4O6. The van der Waals surface area contributed by atoms with Crippen LogP contribution in [0.2, 0.25) is 0 Å². The van der Waals surface area contributed by atoms with Crippen molar-refractivity contribution in [1.82, 2.24) is 9.88 Å². The van der Waals surface area contributed by atoms with Crippen molar-refractivity contribution in [3.05, 3.63) is 59.1 Å². The van der Waals surface area contributed by atoms with Crippen molar-refractivity contribution in [2.75, 3.05) is 59.0 Å². The van der Waals surface area contributed by atoms with Crippen molar-refractivity contribution in [3.63, 3.8) is 0 Å². The Labute approximate surface area is 221 Å². The summed E-state index contributed by atoms with van der Waals surface area (Å²) < 4.78 is 27.5. The lowest BCUT2D eigenvalue weighted by Crippen LogP contribution is -2.48. The van der Waals surface area contributed by atoms with Crippen LogP contribution in [0, 0.1) is 11.3 Å². The summed E-state index contributed by atoms with van der Waals surface area (Å²) in [5, 5.41) is 9.62. The van der Waals surface area contributed by atoms with E-state index in [4.69, 9.17) is 23.4 Å². The number of hydrogen-bond donors (Lipinski definition) is 0. The first-order valence-electron chi connectivity index (χ1n) is 12.2. The monoisotopic (exact) mass is 518 g/mol. The van der Waals surface area contributed by atoms with Gasteiger partial charge < -0.3 is 33.2 Å². The normalized spacial score (nSPS) is 13.3. The Morgan fingerprint density at radius 2 is 1.68 bits per heavy atom. The maximum absolute atomic E-state index is 13.2. The van der Waals surface area contributed by atoms with Gasteiger partial charge >= 0.3 is 0 Å². The van der Waals surface area contributed by atoms with Crippen LogP contribution in [-0.4, -0.2) is 69.9 Å². The molecule has 0 spiro atoms. The van der Waals surface area contributed by atoms with Crippen molar-refractivity contribution >= 4 is 23.9 Å². The number of ether oxygens (including phenoxy) is 4. The third-order valence-corrected chi connectivity index (χ3v) is 6.11. The van der Waals surface area contributed by atoms with E-state index in [9.17, 15) is 10.1 Å². The van der Waals surface area contributed by atoms with Crippen LogP contribution >= 0.6 is 0 Å². The first-order valence-corrected chi connectivity index (χ1v) is 12.2. The average molecular weight is 519 g/mol. The summed E-state index contributed by atoms with van der Waals surface area (Å²) in [6.45, 7) is 4.41. The SMILES string of the molecule is CCOc1ccc(/C=C/c2nc(C#N)c(N3CCN(C(=O)c4cc(OC)c(OC)c(OC)c4)CC3)o2)cc1. The van der Waals surface area contributed by atoms with Crippen LogP contribution in [0.15, 0.2) is 40.8 Å². The molecule has 0 bridgehead atoms. The number of benzene rings is 2. The lowest BCUT2D eigenvalue weighted by atomic mass is 10.1. The van der Waals surface area contributed by atoms with E-state index in [0.717, 1.165) is 11.3 Å². The molecule has 4 rings (SSSR count). The smallest absolute Gasteiger partial charge is 0.254 e. The molecule has 3 aromatic rings.